The molecular formula is C29H33FN4O4. The van der Waals surface area contributed by atoms with Crippen LogP contribution < -0.4 is 14.4 Å². The number of halogens is 1. The summed E-state index contributed by atoms with van der Waals surface area (Å²) in [4.78, 5) is 25.3. The van der Waals surface area contributed by atoms with Crippen LogP contribution in [0.25, 0.3) is 0 Å². The Morgan fingerprint density at radius 2 is 1.82 bits per heavy atom. The highest BCUT2D eigenvalue weighted by Crippen LogP contribution is 2.44. The zero-order valence-electron chi connectivity index (χ0n) is 22.0. The fourth-order valence-corrected chi connectivity index (χ4v) is 5.02. The van der Waals surface area contributed by atoms with E-state index in [1.54, 1.807) is 17.2 Å². The summed E-state index contributed by atoms with van der Waals surface area (Å²) in [5, 5.41) is 0. The van der Waals surface area contributed by atoms with E-state index in [1.807, 2.05) is 51.1 Å². The number of carbonyl (C=O) groups excluding carboxylic acids is 1. The number of carbonyl (C=O) groups is 1. The van der Waals surface area contributed by atoms with E-state index in [9.17, 15) is 9.18 Å². The number of likely N-dealkylation sites (tertiary alicyclic amines) is 1. The third-order valence-electron chi connectivity index (χ3n) is 6.85. The van der Waals surface area contributed by atoms with Gasteiger partial charge in [0, 0.05) is 37.7 Å². The zero-order chi connectivity index (χ0) is 26.8. The van der Waals surface area contributed by atoms with Crippen LogP contribution in [0.3, 0.4) is 0 Å². The predicted octanol–water partition coefficient (Wildman–Crippen LogP) is 5.82. The molecule has 1 aromatic heterocycles. The molecule has 38 heavy (non-hydrogen) atoms. The van der Waals surface area contributed by atoms with Gasteiger partial charge >= 0.3 is 6.09 Å². The van der Waals surface area contributed by atoms with Gasteiger partial charge in [0.2, 0.25) is 0 Å². The Morgan fingerprint density at radius 3 is 2.61 bits per heavy atom. The SMILES string of the molecule is CC(C)(C)OC(=O)N1CCC2(CCN(c3ncncc3Oc3ccc(F)cc3OCc3ccccc3)C2)C1. The molecule has 9 heteroatoms. The molecule has 0 aliphatic carbocycles. The Hall–Kier alpha value is -3.88. The third-order valence-corrected chi connectivity index (χ3v) is 6.85. The van der Waals surface area contributed by atoms with Crippen LogP contribution in [0.1, 0.15) is 39.2 Å². The van der Waals surface area contributed by atoms with Crippen molar-refractivity contribution in [2.24, 2.45) is 5.41 Å². The monoisotopic (exact) mass is 520 g/mol. The van der Waals surface area contributed by atoms with Gasteiger partial charge in [0.25, 0.3) is 0 Å². The van der Waals surface area contributed by atoms with Crippen molar-refractivity contribution in [1.82, 2.24) is 14.9 Å². The molecule has 2 aliphatic rings. The minimum atomic E-state index is -0.522. The Labute approximate surface area is 222 Å². The summed E-state index contributed by atoms with van der Waals surface area (Å²) >= 11 is 0. The number of anilines is 1. The highest BCUT2D eigenvalue weighted by Gasteiger charge is 2.46. The van der Waals surface area contributed by atoms with Gasteiger partial charge in [-0.15, -0.1) is 0 Å². The maximum Gasteiger partial charge on any atom is 0.410 e. The van der Waals surface area contributed by atoms with Crippen LogP contribution >= 0.6 is 0 Å². The van der Waals surface area contributed by atoms with Gasteiger partial charge in [-0.3, -0.25) is 0 Å². The number of nitrogens with zero attached hydrogens (tertiary/aromatic N) is 4. The summed E-state index contributed by atoms with van der Waals surface area (Å²) in [6.07, 6.45) is 4.67. The fraction of sp³-hybridized carbons (Fsp3) is 0.414. The quantitative estimate of drug-likeness (QED) is 0.405. The minimum Gasteiger partial charge on any atom is -0.485 e. The Balaban J connectivity index is 1.30. The van der Waals surface area contributed by atoms with Crippen molar-refractivity contribution in [3.8, 4) is 17.2 Å². The molecule has 3 aromatic rings. The second-order valence-corrected chi connectivity index (χ2v) is 11.0. The average Bonchev–Trinajstić information content (AvgIpc) is 3.51. The van der Waals surface area contributed by atoms with E-state index in [2.05, 4.69) is 14.9 Å². The molecule has 2 saturated heterocycles. The largest absolute Gasteiger partial charge is 0.485 e. The number of benzene rings is 2. The van der Waals surface area contributed by atoms with E-state index in [1.165, 1.54) is 18.5 Å². The lowest BCUT2D eigenvalue weighted by Gasteiger charge is -2.27. The highest BCUT2D eigenvalue weighted by molar-refractivity contribution is 5.68. The van der Waals surface area contributed by atoms with Crippen LogP contribution in [0.4, 0.5) is 15.0 Å². The molecule has 1 atom stereocenters. The van der Waals surface area contributed by atoms with Gasteiger partial charge in [0.15, 0.2) is 23.1 Å². The highest BCUT2D eigenvalue weighted by atomic mass is 19.1. The molecule has 0 N–H and O–H groups in total. The van der Waals surface area contributed by atoms with Crippen LogP contribution in [0.15, 0.2) is 61.1 Å². The number of ether oxygens (including phenoxy) is 3. The summed E-state index contributed by atoms with van der Waals surface area (Å²) in [6.45, 7) is 8.75. The van der Waals surface area contributed by atoms with Crippen LogP contribution in [0, 0.1) is 11.2 Å². The number of hydrogen-bond donors (Lipinski definition) is 0. The molecule has 2 aliphatic heterocycles. The molecular weight excluding hydrogens is 487 g/mol. The van der Waals surface area contributed by atoms with E-state index in [0.29, 0.717) is 36.2 Å². The number of amides is 1. The maximum absolute atomic E-state index is 14.1. The van der Waals surface area contributed by atoms with Gasteiger partial charge in [0.05, 0.1) is 6.20 Å². The molecule has 1 unspecified atom stereocenters. The van der Waals surface area contributed by atoms with Crippen LogP contribution in [-0.4, -0.2) is 52.7 Å². The molecule has 1 spiro atoms. The predicted molar refractivity (Wildman–Crippen MR) is 141 cm³/mol. The van der Waals surface area contributed by atoms with Gasteiger partial charge in [-0.25, -0.2) is 19.2 Å². The molecule has 2 aromatic carbocycles. The van der Waals surface area contributed by atoms with Crippen molar-refractivity contribution in [3.63, 3.8) is 0 Å². The average molecular weight is 521 g/mol. The van der Waals surface area contributed by atoms with Gasteiger partial charge < -0.3 is 24.0 Å². The first kappa shape index (κ1) is 25.8. The molecule has 3 heterocycles. The number of hydrogen-bond acceptors (Lipinski definition) is 7. The van der Waals surface area contributed by atoms with Crippen molar-refractivity contribution in [2.75, 3.05) is 31.1 Å². The molecule has 0 bridgehead atoms. The van der Waals surface area contributed by atoms with Crippen molar-refractivity contribution >= 4 is 11.9 Å². The van der Waals surface area contributed by atoms with Crippen molar-refractivity contribution in [2.45, 2.75) is 45.8 Å². The Kier molecular flexibility index (Phi) is 7.10. The van der Waals surface area contributed by atoms with E-state index < -0.39 is 11.4 Å². The van der Waals surface area contributed by atoms with Gasteiger partial charge in [-0.1, -0.05) is 30.3 Å². The van der Waals surface area contributed by atoms with Crippen molar-refractivity contribution < 1.29 is 23.4 Å². The van der Waals surface area contributed by atoms with Gasteiger partial charge in [-0.05, 0) is 51.3 Å². The molecule has 1 amide bonds. The topological polar surface area (TPSA) is 77.0 Å². The standard InChI is InChI=1S/C29H33FN4O4/c1-28(2,3)38-27(35)34-14-12-29(19-34)11-13-33(18-29)26-25(16-31-20-32-26)37-23-10-9-22(30)15-24(23)36-17-21-7-5-4-6-8-21/h4-10,15-16,20H,11-14,17-19H2,1-3H3. The zero-order valence-corrected chi connectivity index (χ0v) is 22.0. The van der Waals surface area contributed by atoms with Gasteiger partial charge in [0.1, 0.15) is 24.4 Å². The molecule has 0 saturated carbocycles. The van der Waals surface area contributed by atoms with Crippen LogP contribution in [0.2, 0.25) is 0 Å². The second kappa shape index (κ2) is 10.5. The fourth-order valence-electron chi connectivity index (χ4n) is 5.02. The first-order valence-electron chi connectivity index (χ1n) is 12.9. The Bertz CT molecular complexity index is 1280. The molecule has 5 rings (SSSR count). The molecule has 0 radical (unpaired) electrons. The molecule has 2 fully saturated rings. The summed E-state index contributed by atoms with van der Waals surface area (Å²) in [5.74, 6) is 1.38. The molecule has 200 valence electrons. The van der Waals surface area contributed by atoms with Crippen LogP contribution in [-0.2, 0) is 11.3 Å². The van der Waals surface area contributed by atoms with Gasteiger partial charge in [-0.2, -0.15) is 0 Å². The molecule has 8 nitrogen and oxygen atoms in total. The maximum atomic E-state index is 14.1. The summed E-state index contributed by atoms with van der Waals surface area (Å²) < 4.78 is 31.8. The van der Waals surface area contributed by atoms with E-state index in [-0.39, 0.29) is 18.1 Å². The first-order chi connectivity index (χ1) is 18.2. The smallest absolute Gasteiger partial charge is 0.410 e. The second-order valence-electron chi connectivity index (χ2n) is 11.0. The number of aromatic nitrogens is 2. The lowest BCUT2D eigenvalue weighted by Crippen LogP contribution is -2.37. The van der Waals surface area contributed by atoms with Crippen molar-refractivity contribution in [3.05, 3.63) is 72.4 Å². The summed E-state index contributed by atoms with van der Waals surface area (Å²) in [7, 11) is 0. The van der Waals surface area contributed by atoms with Crippen LogP contribution in [0.5, 0.6) is 17.2 Å². The lowest BCUT2D eigenvalue weighted by atomic mass is 9.86. The number of rotatable bonds is 6. The van der Waals surface area contributed by atoms with E-state index in [4.69, 9.17) is 14.2 Å². The van der Waals surface area contributed by atoms with Crippen molar-refractivity contribution in [1.29, 1.82) is 0 Å². The normalized spacial score (nSPS) is 19.2. The minimum absolute atomic E-state index is 0.0288. The summed E-state index contributed by atoms with van der Waals surface area (Å²) in [5.41, 5.74) is 0.413. The van der Waals surface area contributed by atoms with E-state index in [0.717, 1.165) is 31.5 Å². The van der Waals surface area contributed by atoms with E-state index >= 15 is 0 Å². The lowest BCUT2D eigenvalue weighted by molar-refractivity contribution is 0.0276. The Morgan fingerprint density at radius 1 is 1.03 bits per heavy atom. The third kappa shape index (κ3) is 5.98. The first-order valence-corrected chi connectivity index (χ1v) is 12.9. The summed E-state index contributed by atoms with van der Waals surface area (Å²) in [6, 6.07) is 13.9.